The summed E-state index contributed by atoms with van der Waals surface area (Å²) in [5, 5.41) is 10.5. The van der Waals surface area contributed by atoms with Crippen LogP contribution in [-0.2, 0) is 6.42 Å². The van der Waals surface area contributed by atoms with Crippen LogP contribution in [0.1, 0.15) is 57.8 Å². The van der Waals surface area contributed by atoms with Gasteiger partial charge in [-0.25, -0.2) is 13.6 Å². The van der Waals surface area contributed by atoms with E-state index in [0.717, 1.165) is 37.9 Å². The van der Waals surface area contributed by atoms with Gasteiger partial charge in [-0.2, -0.15) is 0 Å². The zero-order valence-electron chi connectivity index (χ0n) is 19.3. The fourth-order valence-electron chi connectivity index (χ4n) is 5.46. The Balaban J connectivity index is 1.64. The number of fused-ring (bicyclic) bond motifs is 1. The Bertz CT molecular complexity index is 1110. The number of aromatic carboxylic acids is 1. The molecule has 2 heterocycles. The predicted molar refractivity (Wildman–Crippen MR) is 127 cm³/mol. The van der Waals surface area contributed by atoms with E-state index in [9.17, 15) is 18.7 Å². The molecule has 0 bridgehead atoms. The smallest absolute Gasteiger partial charge is 0.335 e. The van der Waals surface area contributed by atoms with Gasteiger partial charge in [0, 0.05) is 30.1 Å². The fourth-order valence-corrected chi connectivity index (χ4v) is 5.46. The molecule has 4 nitrogen and oxygen atoms in total. The molecule has 0 aliphatic carbocycles. The van der Waals surface area contributed by atoms with Gasteiger partial charge in [0.25, 0.3) is 0 Å². The summed E-state index contributed by atoms with van der Waals surface area (Å²) in [5.41, 5.74) is 6.44. The summed E-state index contributed by atoms with van der Waals surface area (Å²) in [6.07, 6.45) is 2.33. The Hall–Kier alpha value is -2.73. The highest BCUT2D eigenvalue weighted by Gasteiger charge is 2.29. The maximum absolute atomic E-state index is 12.8. The molecule has 3 aromatic rings. The van der Waals surface area contributed by atoms with Crippen LogP contribution in [0.5, 0.6) is 0 Å². The van der Waals surface area contributed by atoms with Crippen LogP contribution < -0.4 is 0 Å². The number of benzene rings is 2. The van der Waals surface area contributed by atoms with Crippen LogP contribution in [0, 0.1) is 19.8 Å². The molecule has 2 atom stereocenters. The Kier molecular flexibility index (Phi) is 7.13. The van der Waals surface area contributed by atoms with Crippen molar-refractivity contribution < 1.29 is 18.7 Å². The number of hydrogen-bond donors (Lipinski definition) is 2. The number of rotatable bonds is 7. The molecule has 1 aromatic heterocycles. The number of hydrogen-bond acceptors (Lipinski definition) is 2. The molecule has 4 rings (SSSR count). The summed E-state index contributed by atoms with van der Waals surface area (Å²) in [6.45, 7) is 6.29. The summed E-state index contributed by atoms with van der Waals surface area (Å²) in [5.74, 6) is -0.335. The summed E-state index contributed by atoms with van der Waals surface area (Å²) in [6, 6.07) is 11.6. The van der Waals surface area contributed by atoms with Crippen LogP contribution in [-0.4, -0.2) is 47.0 Å². The molecular formula is C27H32F2N2O2. The van der Waals surface area contributed by atoms with Crippen molar-refractivity contribution >= 4 is 16.9 Å². The van der Waals surface area contributed by atoms with E-state index in [1.165, 1.54) is 27.6 Å². The van der Waals surface area contributed by atoms with Crippen LogP contribution in [0.4, 0.5) is 8.78 Å². The molecule has 2 aromatic carbocycles. The molecule has 176 valence electrons. The van der Waals surface area contributed by atoms with Gasteiger partial charge in [0.15, 0.2) is 0 Å². The van der Waals surface area contributed by atoms with Gasteiger partial charge in [-0.3, -0.25) is 0 Å². The molecule has 33 heavy (non-hydrogen) atoms. The number of aromatic nitrogens is 1. The largest absolute Gasteiger partial charge is 0.478 e. The fraction of sp³-hybridized carbons (Fsp3) is 0.444. The molecule has 2 N–H and O–H groups in total. The number of carbonyl (C=O) groups is 1. The minimum atomic E-state index is -2.28. The molecular weight excluding hydrogens is 422 g/mol. The molecule has 1 aliphatic rings. The summed E-state index contributed by atoms with van der Waals surface area (Å²) in [7, 11) is 0. The first-order valence-electron chi connectivity index (χ1n) is 11.7. The molecule has 0 amide bonds. The van der Waals surface area contributed by atoms with E-state index in [0.29, 0.717) is 12.5 Å². The number of carboxylic acids is 1. The Labute approximate surface area is 193 Å². The lowest BCUT2D eigenvalue weighted by molar-refractivity contribution is 0.0696. The Morgan fingerprint density at radius 3 is 2.55 bits per heavy atom. The van der Waals surface area contributed by atoms with Crippen molar-refractivity contribution in [2.75, 3.05) is 19.6 Å². The topological polar surface area (TPSA) is 56.3 Å². The normalized spacial score (nSPS) is 19.8. The number of aryl methyl sites for hydroxylation is 2. The van der Waals surface area contributed by atoms with Crippen molar-refractivity contribution in [2.24, 2.45) is 5.92 Å². The van der Waals surface area contributed by atoms with Crippen molar-refractivity contribution in [3.05, 3.63) is 70.4 Å². The number of nitrogens with one attached hydrogen (secondary N) is 1. The van der Waals surface area contributed by atoms with E-state index in [1.807, 2.05) is 18.3 Å². The van der Waals surface area contributed by atoms with E-state index in [4.69, 9.17) is 0 Å². The first-order valence-corrected chi connectivity index (χ1v) is 11.7. The highest BCUT2D eigenvalue weighted by atomic mass is 19.3. The third-order valence-corrected chi connectivity index (χ3v) is 7.23. The van der Waals surface area contributed by atoms with Gasteiger partial charge >= 0.3 is 5.97 Å². The number of aromatic amines is 1. The highest BCUT2D eigenvalue weighted by Crippen LogP contribution is 2.38. The lowest BCUT2D eigenvalue weighted by atomic mass is 9.77. The quantitative estimate of drug-likeness (QED) is 0.448. The van der Waals surface area contributed by atoms with E-state index in [-0.39, 0.29) is 17.9 Å². The first kappa shape index (κ1) is 23.4. The lowest BCUT2D eigenvalue weighted by Crippen LogP contribution is -2.27. The number of alkyl halides is 2. The van der Waals surface area contributed by atoms with Crippen molar-refractivity contribution in [2.45, 2.75) is 51.9 Å². The number of halogens is 2. The maximum atomic E-state index is 12.8. The number of likely N-dealkylation sites (tertiary alicyclic amines) is 1. The minimum absolute atomic E-state index is 0.0936. The van der Waals surface area contributed by atoms with Crippen molar-refractivity contribution in [3.8, 4) is 0 Å². The predicted octanol–water partition coefficient (Wildman–Crippen LogP) is 6.18. The molecule has 0 spiro atoms. The van der Waals surface area contributed by atoms with E-state index in [2.05, 4.69) is 35.9 Å². The second-order valence-electron chi connectivity index (χ2n) is 9.35. The monoisotopic (exact) mass is 454 g/mol. The summed E-state index contributed by atoms with van der Waals surface area (Å²) in [4.78, 5) is 16.8. The van der Waals surface area contributed by atoms with E-state index in [1.54, 1.807) is 12.1 Å². The lowest BCUT2D eigenvalue weighted by Gasteiger charge is -2.27. The third kappa shape index (κ3) is 5.27. The highest BCUT2D eigenvalue weighted by molar-refractivity contribution is 5.88. The second kappa shape index (κ2) is 10.0. The number of H-pyrrole nitrogens is 1. The summed E-state index contributed by atoms with van der Waals surface area (Å²) >= 11 is 0. The molecule has 0 radical (unpaired) electrons. The minimum Gasteiger partial charge on any atom is -0.478 e. The zero-order chi connectivity index (χ0) is 23.5. The number of carboxylic acid groups (broad SMARTS) is 1. The molecule has 0 saturated carbocycles. The number of nitrogens with zero attached hydrogens (tertiary/aromatic N) is 1. The SMILES string of the molecule is Cc1cc(C)c2[nH]ccc2c1C[C@@H]1CCN(CCC(F)F)CC[C@H]1c1ccc(C(=O)O)cc1. The van der Waals surface area contributed by atoms with Gasteiger partial charge in [-0.05, 0) is 98.5 Å². The summed E-state index contributed by atoms with van der Waals surface area (Å²) < 4.78 is 25.6. The van der Waals surface area contributed by atoms with Crippen LogP contribution >= 0.6 is 0 Å². The van der Waals surface area contributed by atoms with Crippen LogP contribution in [0.15, 0.2) is 42.6 Å². The standard InChI is InChI=1S/C27H32F2N2O2/c1-17-15-18(2)26-23(7-11-30-26)24(17)16-21-8-12-31(14-10-25(28)29)13-9-22(21)19-3-5-20(6-4-19)27(32)33/h3-7,11,15,21-22,25,30H,8-10,12-14,16H2,1-2H3,(H,32,33)/t21-,22-/m0/s1. The van der Waals surface area contributed by atoms with E-state index >= 15 is 0 Å². The average Bonchev–Trinajstić information content (AvgIpc) is 3.19. The van der Waals surface area contributed by atoms with Crippen molar-refractivity contribution in [1.29, 1.82) is 0 Å². The van der Waals surface area contributed by atoms with Crippen LogP contribution in [0.25, 0.3) is 10.9 Å². The maximum Gasteiger partial charge on any atom is 0.335 e. The third-order valence-electron chi connectivity index (χ3n) is 7.23. The molecule has 6 heteroatoms. The van der Waals surface area contributed by atoms with Crippen molar-refractivity contribution in [3.63, 3.8) is 0 Å². The van der Waals surface area contributed by atoms with Gasteiger partial charge in [0.05, 0.1) is 5.56 Å². The average molecular weight is 455 g/mol. The van der Waals surface area contributed by atoms with E-state index < -0.39 is 12.4 Å². The van der Waals surface area contributed by atoms with Crippen molar-refractivity contribution in [1.82, 2.24) is 9.88 Å². The Morgan fingerprint density at radius 2 is 1.85 bits per heavy atom. The molecule has 1 fully saturated rings. The van der Waals surface area contributed by atoms with Gasteiger partial charge in [-0.15, -0.1) is 0 Å². The van der Waals surface area contributed by atoms with Gasteiger partial charge in [0.1, 0.15) is 0 Å². The van der Waals surface area contributed by atoms with Gasteiger partial charge in [-0.1, -0.05) is 18.2 Å². The molecule has 0 unspecified atom stereocenters. The van der Waals surface area contributed by atoms with Crippen LogP contribution in [0.3, 0.4) is 0 Å². The Morgan fingerprint density at radius 1 is 1.12 bits per heavy atom. The zero-order valence-corrected chi connectivity index (χ0v) is 19.3. The molecule has 1 saturated heterocycles. The van der Waals surface area contributed by atoms with Gasteiger partial charge < -0.3 is 15.0 Å². The first-order chi connectivity index (χ1) is 15.8. The molecule has 1 aliphatic heterocycles. The second-order valence-corrected chi connectivity index (χ2v) is 9.35. The van der Waals surface area contributed by atoms with Gasteiger partial charge in [0.2, 0.25) is 6.43 Å². The van der Waals surface area contributed by atoms with Crippen LogP contribution in [0.2, 0.25) is 0 Å².